The van der Waals surface area contributed by atoms with Gasteiger partial charge in [0.15, 0.2) is 0 Å². The Balaban J connectivity index is 2.28. The van der Waals surface area contributed by atoms with E-state index >= 15 is 0 Å². The van der Waals surface area contributed by atoms with Crippen molar-refractivity contribution in [1.29, 1.82) is 0 Å². The van der Waals surface area contributed by atoms with E-state index in [1.165, 1.54) is 17.0 Å². The average Bonchev–Trinajstić information content (AvgIpc) is 3.11. The molecule has 1 aliphatic heterocycles. The molecular weight excluding hydrogens is 400 g/mol. The maximum atomic E-state index is 13.6. The number of benzene rings is 2. The van der Waals surface area contributed by atoms with Crippen molar-refractivity contribution < 1.29 is 36.2 Å². The third kappa shape index (κ3) is 4.24. The van der Waals surface area contributed by atoms with Crippen LogP contribution in [0.25, 0.3) is 0 Å². The molecule has 29 heavy (non-hydrogen) atoms. The first kappa shape index (κ1) is 21.2. The van der Waals surface area contributed by atoms with Gasteiger partial charge in [-0.25, -0.2) is 0 Å². The van der Waals surface area contributed by atoms with Crippen LogP contribution in [-0.4, -0.2) is 28.6 Å². The number of carboxylic acid groups (broad SMARTS) is 1. The van der Waals surface area contributed by atoms with Crippen molar-refractivity contribution >= 4 is 5.97 Å². The summed E-state index contributed by atoms with van der Waals surface area (Å²) in [5.74, 6) is -1.28. The van der Waals surface area contributed by atoms with E-state index in [1.807, 2.05) is 0 Å². The molecule has 0 aliphatic carbocycles. The third-order valence-electron chi connectivity index (χ3n) is 5.03. The van der Waals surface area contributed by atoms with Gasteiger partial charge in [0.2, 0.25) is 0 Å². The maximum Gasteiger partial charge on any atom is 0.416 e. The first-order valence-electron chi connectivity index (χ1n) is 8.82. The van der Waals surface area contributed by atoms with Gasteiger partial charge in [-0.2, -0.15) is 26.3 Å². The van der Waals surface area contributed by atoms with Crippen LogP contribution in [0, 0.1) is 0 Å². The van der Waals surface area contributed by atoms with Crippen LogP contribution in [0.5, 0.6) is 0 Å². The molecule has 1 unspecified atom stereocenters. The summed E-state index contributed by atoms with van der Waals surface area (Å²) in [5.41, 5.74) is -2.97. The number of hydrogen-bond acceptors (Lipinski definition) is 2. The van der Waals surface area contributed by atoms with Crippen LogP contribution in [0.15, 0.2) is 48.5 Å². The number of likely N-dealkylation sites (tertiary alicyclic amines) is 1. The van der Waals surface area contributed by atoms with Gasteiger partial charge < -0.3 is 5.11 Å². The summed E-state index contributed by atoms with van der Waals surface area (Å²) in [5, 5.41) is 9.50. The molecule has 0 radical (unpaired) electrons. The first-order chi connectivity index (χ1) is 13.5. The fourth-order valence-corrected chi connectivity index (χ4v) is 3.88. The van der Waals surface area contributed by atoms with Crippen LogP contribution in [0.4, 0.5) is 26.3 Å². The van der Waals surface area contributed by atoms with Crippen molar-refractivity contribution in [2.45, 2.75) is 37.3 Å². The summed E-state index contributed by atoms with van der Waals surface area (Å²) in [6.45, 7) is 0.0695. The van der Waals surface area contributed by atoms with Gasteiger partial charge in [-0.15, -0.1) is 0 Å². The van der Waals surface area contributed by atoms with Gasteiger partial charge in [0, 0.05) is 6.54 Å². The van der Waals surface area contributed by atoms with Crippen molar-refractivity contribution in [3.8, 4) is 0 Å². The normalized spacial score (nSPS) is 18.4. The predicted molar refractivity (Wildman–Crippen MR) is 92.1 cm³/mol. The van der Waals surface area contributed by atoms with Crippen molar-refractivity contribution in [1.82, 2.24) is 4.90 Å². The second kappa shape index (κ2) is 7.70. The van der Waals surface area contributed by atoms with Crippen molar-refractivity contribution in [3.63, 3.8) is 0 Å². The minimum Gasteiger partial charge on any atom is -0.480 e. The molecule has 0 saturated carbocycles. The monoisotopic (exact) mass is 417 g/mol. The molecule has 0 bridgehead atoms. The highest BCUT2D eigenvalue weighted by atomic mass is 19.4. The number of carbonyl (C=O) groups is 1. The molecule has 3 rings (SSSR count). The SMILES string of the molecule is O=C(O)C1CCCN1C(c1ccccc1C(F)(F)F)c1ccccc1C(F)(F)F. The number of alkyl halides is 6. The van der Waals surface area contributed by atoms with E-state index in [4.69, 9.17) is 0 Å². The fraction of sp³-hybridized carbons (Fsp3) is 0.350. The minimum absolute atomic E-state index is 0.0695. The van der Waals surface area contributed by atoms with Crippen LogP contribution in [0.1, 0.15) is 41.1 Å². The molecule has 1 saturated heterocycles. The van der Waals surface area contributed by atoms with E-state index < -0.39 is 52.7 Å². The lowest BCUT2D eigenvalue weighted by Gasteiger charge is -2.34. The van der Waals surface area contributed by atoms with Crippen LogP contribution >= 0.6 is 0 Å². The smallest absolute Gasteiger partial charge is 0.416 e. The second-order valence-electron chi connectivity index (χ2n) is 6.81. The van der Waals surface area contributed by atoms with E-state index in [0.717, 1.165) is 36.4 Å². The molecule has 2 aromatic rings. The second-order valence-corrected chi connectivity index (χ2v) is 6.81. The van der Waals surface area contributed by atoms with E-state index in [0.29, 0.717) is 6.42 Å². The summed E-state index contributed by atoms with van der Waals surface area (Å²) in [4.78, 5) is 12.9. The average molecular weight is 417 g/mol. The van der Waals surface area contributed by atoms with Gasteiger partial charge in [-0.3, -0.25) is 9.69 Å². The maximum absolute atomic E-state index is 13.6. The molecule has 1 atom stereocenters. The van der Waals surface area contributed by atoms with Crippen molar-refractivity contribution in [2.75, 3.05) is 6.54 Å². The Labute approximate surface area is 162 Å². The first-order valence-corrected chi connectivity index (χ1v) is 8.82. The van der Waals surface area contributed by atoms with Crippen LogP contribution in [-0.2, 0) is 17.1 Å². The number of aliphatic carboxylic acids is 1. The fourth-order valence-electron chi connectivity index (χ4n) is 3.88. The van der Waals surface area contributed by atoms with Crippen LogP contribution < -0.4 is 0 Å². The van der Waals surface area contributed by atoms with Gasteiger partial charge in [-0.1, -0.05) is 36.4 Å². The van der Waals surface area contributed by atoms with Crippen molar-refractivity contribution in [3.05, 3.63) is 70.8 Å². The molecule has 1 fully saturated rings. The molecule has 1 heterocycles. The molecule has 0 aromatic heterocycles. The van der Waals surface area contributed by atoms with E-state index in [9.17, 15) is 36.2 Å². The molecule has 156 valence electrons. The molecule has 1 aliphatic rings. The minimum atomic E-state index is -4.81. The molecule has 2 aromatic carbocycles. The summed E-state index contributed by atoms with van der Waals surface area (Å²) in [6.07, 6.45) is -9.11. The highest BCUT2D eigenvalue weighted by molar-refractivity contribution is 5.74. The lowest BCUT2D eigenvalue weighted by molar-refractivity contribution is -0.143. The number of hydrogen-bond donors (Lipinski definition) is 1. The Morgan fingerprint density at radius 3 is 1.76 bits per heavy atom. The zero-order valence-electron chi connectivity index (χ0n) is 15.0. The Morgan fingerprint density at radius 1 is 0.897 bits per heavy atom. The Hall–Kier alpha value is -2.55. The largest absolute Gasteiger partial charge is 0.480 e. The zero-order valence-corrected chi connectivity index (χ0v) is 15.0. The molecule has 0 amide bonds. The topological polar surface area (TPSA) is 40.5 Å². The zero-order chi connectivity index (χ0) is 21.4. The van der Waals surface area contributed by atoms with Gasteiger partial charge >= 0.3 is 18.3 Å². The van der Waals surface area contributed by atoms with E-state index in [-0.39, 0.29) is 13.0 Å². The summed E-state index contributed by atoms with van der Waals surface area (Å²) < 4.78 is 81.9. The Bertz CT molecular complexity index is 836. The number of carboxylic acids is 1. The summed E-state index contributed by atoms with van der Waals surface area (Å²) >= 11 is 0. The quantitative estimate of drug-likeness (QED) is 0.681. The van der Waals surface area contributed by atoms with Crippen molar-refractivity contribution in [2.24, 2.45) is 0 Å². The standard InChI is InChI=1S/C20H17F6NO2/c21-19(22,23)14-8-3-1-6-12(14)17(27-11-5-10-16(27)18(28)29)13-7-2-4-9-15(13)20(24,25)26/h1-4,6-9,16-17H,5,10-11H2,(H,28,29). The Morgan fingerprint density at radius 2 is 1.34 bits per heavy atom. The van der Waals surface area contributed by atoms with E-state index in [1.54, 1.807) is 0 Å². The molecule has 0 spiro atoms. The predicted octanol–water partition coefficient (Wildman–Crippen LogP) is 5.36. The highest BCUT2D eigenvalue weighted by Gasteiger charge is 2.44. The Kier molecular flexibility index (Phi) is 5.62. The highest BCUT2D eigenvalue weighted by Crippen LogP contribution is 2.45. The van der Waals surface area contributed by atoms with Gasteiger partial charge in [0.25, 0.3) is 0 Å². The molecule has 3 nitrogen and oxygen atoms in total. The molecule has 9 heteroatoms. The van der Waals surface area contributed by atoms with E-state index in [2.05, 4.69) is 0 Å². The number of nitrogens with zero attached hydrogens (tertiary/aromatic N) is 1. The molecule has 1 N–H and O–H groups in total. The van der Waals surface area contributed by atoms with Crippen LogP contribution in [0.2, 0.25) is 0 Å². The third-order valence-corrected chi connectivity index (χ3v) is 5.03. The number of halogens is 6. The summed E-state index contributed by atoms with van der Waals surface area (Å²) in [7, 11) is 0. The van der Waals surface area contributed by atoms with Gasteiger partial charge in [0.05, 0.1) is 17.2 Å². The lowest BCUT2D eigenvalue weighted by atomic mass is 9.89. The van der Waals surface area contributed by atoms with Gasteiger partial charge in [-0.05, 0) is 36.1 Å². The van der Waals surface area contributed by atoms with Gasteiger partial charge in [0.1, 0.15) is 6.04 Å². The number of rotatable bonds is 4. The summed E-state index contributed by atoms with van der Waals surface area (Å²) in [6, 6.07) is 6.04. The molecular formula is C20H17F6NO2. The van der Waals surface area contributed by atoms with Crippen LogP contribution in [0.3, 0.4) is 0 Å². The lowest BCUT2D eigenvalue weighted by Crippen LogP contribution is -2.40.